The number of piperidine rings is 1. The summed E-state index contributed by atoms with van der Waals surface area (Å²) in [5.74, 6) is -0.864. The zero-order valence-corrected chi connectivity index (χ0v) is 16.7. The minimum atomic E-state index is -0.433. The van der Waals surface area contributed by atoms with E-state index >= 15 is 0 Å². The minimum absolute atomic E-state index is 0.0273. The van der Waals surface area contributed by atoms with Crippen molar-refractivity contribution in [2.45, 2.75) is 19.8 Å². The first-order valence-corrected chi connectivity index (χ1v) is 9.61. The Kier molecular flexibility index (Phi) is 6.57. The molecule has 0 radical (unpaired) electrons. The summed E-state index contributed by atoms with van der Waals surface area (Å²) in [6.07, 6.45) is 1.73. The molecule has 0 bridgehead atoms. The van der Waals surface area contributed by atoms with Gasteiger partial charge in [0, 0.05) is 12.2 Å². The predicted molar refractivity (Wildman–Crippen MR) is 104 cm³/mol. The van der Waals surface area contributed by atoms with E-state index in [2.05, 4.69) is 53.9 Å². The number of benzene rings is 1. The van der Waals surface area contributed by atoms with Crippen LogP contribution in [0.25, 0.3) is 0 Å². The van der Waals surface area contributed by atoms with Crippen LogP contribution in [0.2, 0.25) is 0 Å². The first-order chi connectivity index (χ1) is 13.5. The average molecular weight is 455 g/mol. The predicted octanol–water partition coefficient (Wildman–Crippen LogP) is 2.89. The van der Waals surface area contributed by atoms with Crippen LogP contribution in [-0.4, -0.2) is 51.8 Å². The maximum atomic E-state index is 13.4. The number of anilines is 2. The molecule has 1 aliphatic rings. The quantitative estimate of drug-likeness (QED) is 0.275. The number of halogens is 2. The van der Waals surface area contributed by atoms with Crippen LogP contribution in [0.1, 0.15) is 25.5 Å². The van der Waals surface area contributed by atoms with E-state index in [1.807, 2.05) is 0 Å². The monoisotopic (exact) mass is 454 g/mol. The number of rotatable bonds is 5. The fourth-order valence-electron chi connectivity index (χ4n) is 3.04. The molecule has 150 valence electrons. The lowest BCUT2D eigenvalue weighted by Gasteiger charge is -2.30. The number of amidine groups is 1. The summed E-state index contributed by atoms with van der Waals surface area (Å²) in [7, 11) is 0. The maximum Gasteiger partial charge on any atom is 0.230 e. The molecule has 2 heterocycles. The highest BCUT2D eigenvalue weighted by atomic mass is 79.9. The van der Waals surface area contributed by atoms with Gasteiger partial charge in [-0.15, -0.1) is 0 Å². The summed E-state index contributed by atoms with van der Waals surface area (Å²) in [5.41, 5.74) is 0.465. The normalized spacial score (nSPS) is 18.1. The molecular formula is C17H20BrFN6O3. The van der Waals surface area contributed by atoms with Gasteiger partial charge in [0.05, 0.1) is 10.4 Å². The molecule has 9 nitrogen and oxygen atoms in total. The van der Waals surface area contributed by atoms with Crippen LogP contribution in [0, 0.1) is 11.7 Å². The SMILES string of the molecule is CCN1CCCC(C(=O)Nc2nonc2/C(=N\O)Nc2ccc(F)c(Br)c2)C1. The molecule has 3 rings (SSSR count). The number of nitrogens with one attached hydrogen (secondary N) is 2. The Morgan fingerprint density at radius 1 is 1.46 bits per heavy atom. The van der Waals surface area contributed by atoms with Crippen molar-refractivity contribution < 1.29 is 19.0 Å². The second kappa shape index (κ2) is 9.11. The first-order valence-electron chi connectivity index (χ1n) is 8.82. The number of likely N-dealkylation sites (tertiary alicyclic amines) is 1. The summed E-state index contributed by atoms with van der Waals surface area (Å²) >= 11 is 3.08. The van der Waals surface area contributed by atoms with Gasteiger partial charge in [0.25, 0.3) is 0 Å². The standard InChI is InChI=1S/C17H20BrFN6O3/c1-2-25-7-3-4-10(9-25)17(26)21-16-14(23-28-24-16)15(22-27)20-11-5-6-13(19)12(18)8-11/h5-6,8,10,27H,2-4,7,9H2,1H3,(H,20,22)(H,21,24,26). The summed E-state index contributed by atoms with van der Waals surface area (Å²) in [4.78, 5) is 14.8. The summed E-state index contributed by atoms with van der Waals surface area (Å²) in [5, 5.41) is 25.4. The maximum absolute atomic E-state index is 13.4. The lowest BCUT2D eigenvalue weighted by atomic mass is 9.97. The molecule has 1 aromatic carbocycles. The fraction of sp³-hybridized carbons (Fsp3) is 0.412. The van der Waals surface area contributed by atoms with E-state index < -0.39 is 5.82 Å². The molecule has 1 aliphatic heterocycles. The molecule has 11 heteroatoms. The first kappa shape index (κ1) is 20.2. The van der Waals surface area contributed by atoms with Crippen LogP contribution < -0.4 is 10.6 Å². The van der Waals surface area contributed by atoms with Gasteiger partial charge in [-0.25, -0.2) is 9.02 Å². The van der Waals surface area contributed by atoms with E-state index in [9.17, 15) is 14.4 Å². The highest BCUT2D eigenvalue weighted by molar-refractivity contribution is 9.10. The average Bonchev–Trinajstić information content (AvgIpc) is 3.16. The number of nitrogens with zero attached hydrogens (tertiary/aromatic N) is 4. The van der Waals surface area contributed by atoms with Crippen LogP contribution in [0.15, 0.2) is 32.5 Å². The molecule has 0 aliphatic carbocycles. The van der Waals surface area contributed by atoms with Crippen LogP contribution >= 0.6 is 15.9 Å². The van der Waals surface area contributed by atoms with Crippen molar-refractivity contribution in [3.8, 4) is 0 Å². The number of hydrogen-bond acceptors (Lipinski definition) is 7. The number of oxime groups is 1. The molecule has 0 saturated carbocycles. The molecule has 2 aromatic rings. The molecule has 3 N–H and O–H groups in total. The van der Waals surface area contributed by atoms with Crippen molar-refractivity contribution in [3.63, 3.8) is 0 Å². The Balaban J connectivity index is 1.72. The zero-order valence-electron chi connectivity index (χ0n) is 15.2. The number of hydrogen-bond donors (Lipinski definition) is 3. The van der Waals surface area contributed by atoms with Gasteiger partial charge in [-0.2, -0.15) is 0 Å². The minimum Gasteiger partial charge on any atom is -0.409 e. The van der Waals surface area contributed by atoms with E-state index in [4.69, 9.17) is 4.63 Å². The van der Waals surface area contributed by atoms with Gasteiger partial charge >= 0.3 is 0 Å². The molecule has 0 spiro atoms. The molecule has 28 heavy (non-hydrogen) atoms. The van der Waals surface area contributed by atoms with E-state index in [1.54, 1.807) is 0 Å². The topological polar surface area (TPSA) is 116 Å². The number of amides is 1. The second-order valence-electron chi connectivity index (χ2n) is 6.39. The Bertz CT molecular complexity index is 874. The van der Waals surface area contributed by atoms with Gasteiger partial charge < -0.3 is 20.7 Å². The third kappa shape index (κ3) is 4.65. The van der Waals surface area contributed by atoms with Gasteiger partial charge in [-0.3, -0.25) is 4.79 Å². The molecule has 1 unspecified atom stereocenters. The zero-order chi connectivity index (χ0) is 20.1. The largest absolute Gasteiger partial charge is 0.409 e. The molecule has 1 atom stereocenters. The lowest BCUT2D eigenvalue weighted by Crippen LogP contribution is -2.40. The Labute approximate surface area is 169 Å². The highest BCUT2D eigenvalue weighted by Gasteiger charge is 2.27. The van der Waals surface area contributed by atoms with Crippen LogP contribution in [0.4, 0.5) is 15.9 Å². The summed E-state index contributed by atoms with van der Waals surface area (Å²) < 4.78 is 18.3. The third-order valence-electron chi connectivity index (χ3n) is 4.56. The van der Waals surface area contributed by atoms with E-state index in [0.29, 0.717) is 12.2 Å². The number of carbonyl (C=O) groups excluding carboxylic acids is 1. The van der Waals surface area contributed by atoms with Gasteiger partial charge in [-0.1, -0.05) is 12.1 Å². The van der Waals surface area contributed by atoms with Crippen LogP contribution in [-0.2, 0) is 4.79 Å². The van der Waals surface area contributed by atoms with Gasteiger partial charge in [0.2, 0.25) is 17.6 Å². The van der Waals surface area contributed by atoms with Crippen molar-refractivity contribution in [1.29, 1.82) is 0 Å². The third-order valence-corrected chi connectivity index (χ3v) is 5.17. The van der Waals surface area contributed by atoms with E-state index in [1.165, 1.54) is 18.2 Å². The summed E-state index contributed by atoms with van der Waals surface area (Å²) in [6, 6.07) is 4.17. The smallest absolute Gasteiger partial charge is 0.230 e. The van der Waals surface area contributed by atoms with Crippen molar-refractivity contribution in [1.82, 2.24) is 15.2 Å². The number of aromatic nitrogens is 2. The van der Waals surface area contributed by atoms with Crippen LogP contribution in [0.5, 0.6) is 0 Å². The van der Waals surface area contributed by atoms with E-state index in [-0.39, 0.29) is 33.6 Å². The van der Waals surface area contributed by atoms with Gasteiger partial charge in [-0.05, 0) is 70.4 Å². The van der Waals surface area contributed by atoms with Crippen molar-refractivity contribution >= 4 is 39.2 Å². The Morgan fingerprint density at radius 3 is 3.00 bits per heavy atom. The molecule has 1 saturated heterocycles. The van der Waals surface area contributed by atoms with Crippen molar-refractivity contribution in [2.75, 3.05) is 30.3 Å². The van der Waals surface area contributed by atoms with E-state index in [0.717, 1.165) is 25.9 Å². The van der Waals surface area contributed by atoms with Crippen LogP contribution in [0.3, 0.4) is 0 Å². The summed E-state index contributed by atoms with van der Waals surface area (Å²) in [6.45, 7) is 4.60. The Hall–Kier alpha value is -2.53. The van der Waals surface area contributed by atoms with Gasteiger partial charge in [0.1, 0.15) is 5.82 Å². The Morgan fingerprint density at radius 2 is 2.29 bits per heavy atom. The van der Waals surface area contributed by atoms with Crippen molar-refractivity contribution in [3.05, 3.63) is 34.2 Å². The fourth-order valence-corrected chi connectivity index (χ4v) is 3.42. The second-order valence-corrected chi connectivity index (χ2v) is 7.24. The molecule has 1 aromatic heterocycles. The lowest BCUT2D eigenvalue weighted by molar-refractivity contribution is -0.121. The molecular weight excluding hydrogens is 435 g/mol. The van der Waals surface area contributed by atoms with Gasteiger partial charge in [0.15, 0.2) is 5.69 Å². The molecule has 1 fully saturated rings. The highest BCUT2D eigenvalue weighted by Crippen LogP contribution is 2.22. The number of carbonyl (C=O) groups is 1. The van der Waals surface area contributed by atoms with Crippen molar-refractivity contribution in [2.24, 2.45) is 11.1 Å². The molecule has 1 amide bonds.